The van der Waals surface area contributed by atoms with E-state index < -0.39 is 0 Å². The summed E-state index contributed by atoms with van der Waals surface area (Å²) in [4.78, 5) is 0. The number of hydrogen-bond acceptors (Lipinski definition) is 0. The number of hydrogen-bond donors (Lipinski definition) is 0. The van der Waals surface area contributed by atoms with Crippen molar-refractivity contribution in [2.45, 2.75) is 12.8 Å². The molecule has 0 nitrogen and oxygen atoms in total. The maximum Gasteiger partial charge on any atom is 0.00671 e. The molecule has 1 unspecified atom stereocenters. The van der Waals surface area contributed by atoms with Gasteiger partial charge in [0.2, 0.25) is 0 Å². The maximum absolute atomic E-state index is 2.30. The molecule has 0 N–H and O–H groups in total. The van der Waals surface area contributed by atoms with Gasteiger partial charge in [-0.1, -0.05) is 110 Å². The van der Waals surface area contributed by atoms with Gasteiger partial charge in [0.1, 0.15) is 0 Å². The van der Waals surface area contributed by atoms with Crippen LogP contribution < -0.4 is 0 Å². The van der Waals surface area contributed by atoms with Crippen molar-refractivity contribution in [1.29, 1.82) is 0 Å². The molecule has 0 saturated heterocycles. The fourth-order valence-corrected chi connectivity index (χ4v) is 4.14. The van der Waals surface area contributed by atoms with Crippen molar-refractivity contribution in [3.8, 4) is 11.1 Å². The van der Waals surface area contributed by atoms with E-state index in [4.69, 9.17) is 0 Å². The zero-order valence-corrected chi connectivity index (χ0v) is 16.0. The fourth-order valence-electron chi connectivity index (χ4n) is 4.14. The third-order valence-corrected chi connectivity index (χ3v) is 5.78. The van der Waals surface area contributed by atoms with Crippen LogP contribution in [0.4, 0.5) is 0 Å². The van der Waals surface area contributed by atoms with Gasteiger partial charge in [-0.3, -0.25) is 0 Å². The average Bonchev–Trinajstić information content (AvgIpc) is 2.78. The summed E-state index contributed by atoms with van der Waals surface area (Å²) in [5, 5.41) is 5.22. The second-order valence-electron chi connectivity index (χ2n) is 7.47. The Balaban J connectivity index is 1.50. The van der Waals surface area contributed by atoms with E-state index in [1.807, 2.05) is 0 Å². The normalized spacial score (nSPS) is 12.3. The van der Waals surface area contributed by atoms with Gasteiger partial charge < -0.3 is 0 Å². The Hall–Kier alpha value is -3.38. The van der Waals surface area contributed by atoms with Crippen LogP contribution in [0.2, 0.25) is 0 Å². The lowest BCUT2D eigenvalue weighted by Gasteiger charge is -2.16. The first-order valence-electron chi connectivity index (χ1n) is 9.86. The van der Waals surface area contributed by atoms with Crippen LogP contribution in [0.3, 0.4) is 0 Å². The summed E-state index contributed by atoms with van der Waals surface area (Å²) in [6.45, 7) is 2.30. The van der Waals surface area contributed by atoms with Crippen LogP contribution in [0, 0.1) is 0 Å². The molecule has 5 aromatic rings. The zero-order chi connectivity index (χ0) is 18.9. The van der Waals surface area contributed by atoms with Crippen LogP contribution in [0.5, 0.6) is 0 Å². The molecule has 0 saturated carbocycles. The molecule has 1 atom stereocenters. The van der Waals surface area contributed by atoms with Gasteiger partial charge in [0.05, 0.1) is 0 Å². The molecule has 0 bridgehead atoms. The molecular weight excluding hydrogens is 336 g/mol. The molecule has 0 heterocycles. The SMILES string of the molecule is CC(c1ccc(-c2ccc3ccccc3c2)cc1)c1cccc2ccccc12. The van der Waals surface area contributed by atoms with Crippen molar-refractivity contribution in [3.05, 3.63) is 120 Å². The molecule has 5 rings (SSSR count). The molecule has 0 heteroatoms. The molecule has 0 aliphatic rings. The Morgan fingerprint density at radius 2 is 1.14 bits per heavy atom. The summed E-state index contributed by atoms with van der Waals surface area (Å²) in [5.74, 6) is 0.358. The Morgan fingerprint density at radius 3 is 1.96 bits per heavy atom. The zero-order valence-electron chi connectivity index (χ0n) is 16.0. The van der Waals surface area contributed by atoms with Crippen molar-refractivity contribution in [1.82, 2.24) is 0 Å². The third-order valence-electron chi connectivity index (χ3n) is 5.78. The molecule has 134 valence electrons. The molecule has 0 aromatic heterocycles. The maximum atomic E-state index is 2.30. The summed E-state index contributed by atoms with van der Waals surface area (Å²) in [6.07, 6.45) is 0. The predicted octanol–water partition coefficient (Wildman–Crippen LogP) is 7.81. The van der Waals surface area contributed by atoms with E-state index in [9.17, 15) is 0 Å². The highest BCUT2D eigenvalue weighted by Crippen LogP contribution is 2.32. The lowest BCUT2D eigenvalue weighted by Crippen LogP contribution is -1.97. The van der Waals surface area contributed by atoms with Gasteiger partial charge in [-0.15, -0.1) is 0 Å². The molecule has 0 amide bonds. The molecule has 0 radical (unpaired) electrons. The largest absolute Gasteiger partial charge is 0.0616 e. The average molecular weight is 358 g/mol. The van der Waals surface area contributed by atoms with E-state index in [0.29, 0.717) is 5.92 Å². The van der Waals surface area contributed by atoms with Crippen LogP contribution in [0.1, 0.15) is 24.0 Å². The van der Waals surface area contributed by atoms with Crippen molar-refractivity contribution < 1.29 is 0 Å². The lowest BCUT2D eigenvalue weighted by atomic mass is 9.88. The van der Waals surface area contributed by atoms with Gasteiger partial charge >= 0.3 is 0 Å². The molecule has 0 fully saturated rings. The number of fused-ring (bicyclic) bond motifs is 2. The van der Waals surface area contributed by atoms with Crippen LogP contribution >= 0.6 is 0 Å². The number of benzene rings is 5. The summed E-state index contributed by atoms with van der Waals surface area (Å²) in [6, 6.07) is 39.5. The first-order chi connectivity index (χ1) is 13.8. The van der Waals surface area contributed by atoms with Crippen molar-refractivity contribution in [3.63, 3.8) is 0 Å². The first-order valence-corrected chi connectivity index (χ1v) is 9.86. The summed E-state index contributed by atoms with van der Waals surface area (Å²) in [7, 11) is 0. The Kier molecular flexibility index (Phi) is 4.18. The Morgan fingerprint density at radius 1 is 0.500 bits per heavy atom. The van der Waals surface area contributed by atoms with Crippen LogP contribution in [0.15, 0.2) is 109 Å². The van der Waals surface area contributed by atoms with Gasteiger partial charge in [0.15, 0.2) is 0 Å². The molecule has 0 aliphatic carbocycles. The monoisotopic (exact) mass is 358 g/mol. The van der Waals surface area contributed by atoms with Crippen LogP contribution in [-0.2, 0) is 0 Å². The second-order valence-corrected chi connectivity index (χ2v) is 7.47. The standard InChI is InChI=1S/C28H22/c1-20(27-12-6-10-24-8-4-5-11-28(24)27)21-13-15-23(16-14-21)26-18-17-22-7-2-3-9-25(22)19-26/h2-20H,1H3. The van der Waals surface area contributed by atoms with Crippen molar-refractivity contribution >= 4 is 21.5 Å². The van der Waals surface area contributed by atoms with Gasteiger partial charge in [-0.2, -0.15) is 0 Å². The topological polar surface area (TPSA) is 0 Å². The number of rotatable bonds is 3. The van der Waals surface area contributed by atoms with E-state index in [2.05, 4.69) is 116 Å². The molecule has 0 spiro atoms. The lowest BCUT2D eigenvalue weighted by molar-refractivity contribution is 0.933. The second kappa shape index (κ2) is 6.98. The molecule has 5 aromatic carbocycles. The highest BCUT2D eigenvalue weighted by Gasteiger charge is 2.12. The minimum atomic E-state index is 0.358. The molecule has 0 aliphatic heterocycles. The summed E-state index contributed by atoms with van der Waals surface area (Å²) >= 11 is 0. The van der Waals surface area contributed by atoms with Gasteiger partial charge in [-0.25, -0.2) is 0 Å². The smallest absolute Gasteiger partial charge is 0.00671 e. The van der Waals surface area contributed by atoms with Gasteiger partial charge in [0, 0.05) is 5.92 Å². The van der Waals surface area contributed by atoms with Crippen LogP contribution in [-0.4, -0.2) is 0 Å². The van der Waals surface area contributed by atoms with Gasteiger partial charge in [0.25, 0.3) is 0 Å². The van der Waals surface area contributed by atoms with Crippen molar-refractivity contribution in [2.24, 2.45) is 0 Å². The summed E-state index contributed by atoms with van der Waals surface area (Å²) in [5.41, 5.74) is 5.26. The Bertz CT molecular complexity index is 1260. The fraction of sp³-hybridized carbons (Fsp3) is 0.0714. The third kappa shape index (κ3) is 2.97. The van der Waals surface area contributed by atoms with E-state index >= 15 is 0 Å². The quantitative estimate of drug-likeness (QED) is 0.308. The van der Waals surface area contributed by atoms with Crippen molar-refractivity contribution in [2.75, 3.05) is 0 Å². The van der Waals surface area contributed by atoms with Crippen LogP contribution in [0.25, 0.3) is 32.7 Å². The van der Waals surface area contributed by atoms with E-state index in [1.165, 1.54) is 43.8 Å². The Labute approximate surface area is 166 Å². The van der Waals surface area contributed by atoms with Gasteiger partial charge in [-0.05, 0) is 49.9 Å². The molecular formula is C28H22. The molecule has 28 heavy (non-hydrogen) atoms. The van der Waals surface area contributed by atoms with E-state index in [-0.39, 0.29) is 0 Å². The van der Waals surface area contributed by atoms with E-state index in [0.717, 1.165) is 0 Å². The minimum absolute atomic E-state index is 0.358. The van der Waals surface area contributed by atoms with E-state index in [1.54, 1.807) is 0 Å². The predicted molar refractivity (Wildman–Crippen MR) is 121 cm³/mol. The highest BCUT2D eigenvalue weighted by molar-refractivity contribution is 5.88. The minimum Gasteiger partial charge on any atom is -0.0616 e. The summed E-state index contributed by atoms with van der Waals surface area (Å²) < 4.78 is 0. The highest BCUT2D eigenvalue weighted by atomic mass is 14.2. The first kappa shape index (κ1) is 16.8.